The van der Waals surface area contributed by atoms with Gasteiger partial charge in [0.25, 0.3) is 0 Å². The standard InChI is InChI=1S/C15H12F3IN4O2/c1-7-20-12-13(21-7)23-14(24-2)11(22-12)5-8-3-4-9(6-10(8)19)25-15(16,17)18/h3-4,6H,5H2,1-2H3,(H,20,21,22,23). The predicted octanol–water partition coefficient (Wildman–Crippen LogP) is 3.76. The molecule has 25 heavy (non-hydrogen) atoms. The van der Waals surface area contributed by atoms with Gasteiger partial charge in [0, 0.05) is 9.99 Å². The van der Waals surface area contributed by atoms with Gasteiger partial charge in [0.1, 0.15) is 17.3 Å². The summed E-state index contributed by atoms with van der Waals surface area (Å²) in [6.45, 7) is 1.79. The van der Waals surface area contributed by atoms with Crippen molar-refractivity contribution >= 4 is 33.9 Å². The number of alkyl halides is 3. The molecule has 2 aromatic heterocycles. The molecule has 132 valence electrons. The molecule has 10 heteroatoms. The number of aryl methyl sites for hydroxylation is 1. The van der Waals surface area contributed by atoms with Crippen LogP contribution in [0.15, 0.2) is 18.2 Å². The first-order valence-corrected chi connectivity index (χ1v) is 8.14. The number of hydrogen-bond donors (Lipinski definition) is 1. The minimum Gasteiger partial charge on any atom is -0.480 e. The van der Waals surface area contributed by atoms with Crippen molar-refractivity contribution in [1.82, 2.24) is 19.9 Å². The highest BCUT2D eigenvalue weighted by atomic mass is 127. The number of H-pyrrole nitrogens is 1. The van der Waals surface area contributed by atoms with Gasteiger partial charge in [0.05, 0.1) is 7.11 Å². The molecular formula is C15H12F3IN4O2. The van der Waals surface area contributed by atoms with Crippen molar-refractivity contribution < 1.29 is 22.6 Å². The Hall–Kier alpha value is -2.11. The lowest BCUT2D eigenvalue weighted by Crippen LogP contribution is -2.17. The fourth-order valence-electron chi connectivity index (χ4n) is 2.29. The zero-order chi connectivity index (χ0) is 18.2. The number of halogens is 4. The number of nitrogens with zero attached hydrogens (tertiary/aromatic N) is 3. The summed E-state index contributed by atoms with van der Waals surface area (Å²) < 4.78 is 46.7. The van der Waals surface area contributed by atoms with E-state index in [1.54, 1.807) is 13.0 Å². The van der Waals surface area contributed by atoms with Gasteiger partial charge in [-0.05, 0) is 47.2 Å². The van der Waals surface area contributed by atoms with E-state index in [9.17, 15) is 13.2 Å². The van der Waals surface area contributed by atoms with E-state index in [-0.39, 0.29) is 5.75 Å². The van der Waals surface area contributed by atoms with Gasteiger partial charge >= 0.3 is 6.36 Å². The summed E-state index contributed by atoms with van der Waals surface area (Å²) in [6, 6.07) is 4.15. The van der Waals surface area contributed by atoms with Crippen molar-refractivity contribution in [3.8, 4) is 11.6 Å². The molecule has 0 atom stereocenters. The molecule has 1 N–H and O–H groups in total. The number of nitrogens with one attached hydrogen (secondary N) is 1. The molecule has 0 spiro atoms. The summed E-state index contributed by atoms with van der Waals surface area (Å²) >= 11 is 1.95. The number of benzene rings is 1. The van der Waals surface area contributed by atoms with Gasteiger partial charge in [-0.25, -0.2) is 9.97 Å². The molecule has 0 bridgehead atoms. The third-order valence-corrected chi connectivity index (χ3v) is 4.30. The van der Waals surface area contributed by atoms with Crippen LogP contribution >= 0.6 is 22.6 Å². The average Bonchev–Trinajstić information content (AvgIpc) is 2.86. The molecule has 3 rings (SSSR count). The quantitative estimate of drug-likeness (QED) is 0.596. The second kappa shape index (κ2) is 6.65. The first-order valence-electron chi connectivity index (χ1n) is 7.06. The van der Waals surface area contributed by atoms with Crippen LogP contribution < -0.4 is 9.47 Å². The van der Waals surface area contributed by atoms with Crippen LogP contribution in [0, 0.1) is 10.5 Å². The molecule has 0 saturated carbocycles. The van der Waals surface area contributed by atoms with Crippen molar-refractivity contribution in [2.45, 2.75) is 19.7 Å². The normalized spacial score (nSPS) is 11.8. The van der Waals surface area contributed by atoms with Crippen LogP contribution in [0.5, 0.6) is 11.6 Å². The molecule has 0 aliphatic carbocycles. The van der Waals surface area contributed by atoms with Crippen LogP contribution in [0.4, 0.5) is 13.2 Å². The Labute approximate surface area is 153 Å². The number of aromatic amines is 1. The van der Waals surface area contributed by atoms with E-state index >= 15 is 0 Å². The Morgan fingerprint density at radius 3 is 2.60 bits per heavy atom. The maximum atomic E-state index is 12.3. The Morgan fingerprint density at radius 2 is 1.96 bits per heavy atom. The summed E-state index contributed by atoms with van der Waals surface area (Å²) in [4.78, 5) is 16.0. The molecule has 0 unspecified atom stereocenters. The molecule has 0 saturated heterocycles. The van der Waals surface area contributed by atoms with Crippen LogP contribution in [0.25, 0.3) is 11.3 Å². The molecule has 0 radical (unpaired) electrons. The van der Waals surface area contributed by atoms with Crippen molar-refractivity contribution in [3.05, 3.63) is 38.9 Å². The summed E-state index contributed by atoms with van der Waals surface area (Å²) in [5.74, 6) is 0.737. The maximum absolute atomic E-state index is 12.3. The molecule has 0 aliphatic heterocycles. The number of fused-ring (bicyclic) bond motifs is 1. The van der Waals surface area contributed by atoms with Gasteiger partial charge in [-0.3, -0.25) is 0 Å². The topological polar surface area (TPSA) is 72.9 Å². The van der Waals surface area contributed by atoms with Crippen molar-refractivity contribution in [1.29, 1.82) is 0 Å². The Morgan fingerprint density at radius 1 is 1.20 bits per heavy atom. The van der Waals surface area contributed by atoms with E-state index in [1.165, 1.54) is 19.2 Å². The van der Waals surface area contributed by atoms with Crippen molar-refractivity contribution in [3.63, 3.8) is 0 Å². The zero-order valence-electron chi connectivity index (χ0n) is 13.1. The lowest BCUT2D eigenvalue weighted by Gasteiger charge is -2.11. The summed E-state index contributed by atoms with van der Waals surface area (Å²) in [5, 5.41) is 0. The van der Waals surface area contributed by atoms with Crippen LogP contribution in [0.1, 0.15) is 17.1 Å². The molecule has 0 fully saturated rings. The zero-order valence-corrected chi connectivity index (χ0v) is 15.3. The van der Waals surface area contributed by atoms with Crippen LogP contribution in [-0.2, 0) is 6.42 Å². The van der Waals surface area contributed by atoms with Gasteiger partial charge in [-0.15, -0.1) is 13.2 Å². The predicted molar refractivity (Wildman–Crippen MR) is 91.6 cm³/mol. The fraction of sp³-hybridized carbons (Fsp3) is 0.267. The Kier molecular flexibility index (Phi) is 4.71. The number of ether oxygens (including phenoxy) is 2. The minimum atomic E-state index is -4.72. The van der Waals surface area contributed by atoms with Gasteiger partial charge in [-0.1, -0.05) is 6.07 Å². The number of hydrogen-bond acceptors (Lipinski definition) is 5. The lowest BCUT2D eigenvalue weighted by molar-refractivity contribution is -0.274. The smallest absolute Gasteiger partial charge is 0.480 e. The molecule has 3 aromatic rings. The second-order valence-electron chi connectivity index (χ2n) is 5.15. The Bertz CT molecular complexity index is 927. The van der Waals surface area contributed by atoms with Crippen LogP contribution in [0.2, 0.25) is 0 Å². The molecule has 0 amide bonds. The summed E-state index contributed by atoms with van der Waals surface area (Å²) in [7, 11) is 1.48. The van der Waals surface area contributed by atoms with E-state index in [4.69, 9.17) is 4.74 Å². The number of methoxy groups -OCH3 is 1. The van der Waals surface area contributed by atoms with Crippen molar-refractivity contribution in [2.75, 3.05) is 7.11 Å². The van der Waals surface area contributed by atoms with E-state index in [1.807, 2.05) is 22.6 Å². The third kappa shape index (κ3) is 4.11. The number of imidazole rings is 1. The van der Waals surface area contributed by atoms with Crippen LogP contribution in [0.3, 0.4) is 0 Å². The minimum absolute atomic E-state index is 0.265. The fourth-order valence-corrected chi connectivity index (χ4v) is 2.97. The Balaban J connectivity index is 1.92. The summed E-state index contributed by atoms with van der Waals surface area (Å²) in [6.07, 6.45) is -4.38. The van der Waals surface area contributed by atoms with Gasteiger partial charge in [0.15, 0.2) is 5.65 Å². The molecule has 0 aliphatic rings. The largest absolute Gasteiger partial charge is 0.573 e. The first-order chi connectivity index (χ1) is 11.7. The highest BCUT2D eigenvalue weighted by Crippen LogP contribution is 2.28. The van der Waals surface area contributed by atoms with E-state index in [0.29, 0.717) is 38.7 Å². The monoisotopic (exact) mass is 464 g/mol. The van der Waals surface area contributed by atoms with Gasteiger partial charge in [-0.2, -0.15) is 4.98 Å². The maximum Gasteiger partial charge on any atom is 0.573 e. The SMILES string of the molecule is COc1nc2nc(C)[nH]c2nc1Cc1ccc(OC(F)(F)F)cc1I. The first kappa shape index (κ1) is 17.7. The molecule has 2 heterocycles. The highest BCUT2D eigenvalue weighted by Gasteiger charge is 2.31. The average molecular weight is 464 g/mol. The van der Waals surface area contributed by atoms with Gasteiger partial charge < -0.3 is 14.5 Å². The molecule has 6 nitrogen and oxygen atoms in total. The number of aromatic nitrogens is 4. The number of rotatable bonds is 4. The molecule has 1 aromatic carbocycles. The van der Waals surface area contributed by atoms with Gasteiger partial charge in [0.2, 0.25) is 11.5 Å². The summed E-state index contributed by atoms with van der Waals surface area (Å²) in [5.41, 5.74) is 2.31. The van der Waals surface area contributed by atoms with Crippen LogP contribution in [-0.4, -0.2) is 33.4 Å². The van der Waals surface area contributed by atoms with E-state index < -0.39 is 6.36 Å². The van der Waals surface area contributed by atoms with Crippen molar-refractivity contribution in [2.24, 2.45) is 0 Å². The highest BCUT2D eigenvalue weighted by molar-refractivity contribution is 14.1. The molecular weight excluding hydrogens is 452 g/mol. The second-order valence-corrected chi connectivity index (χ2v) is 6.31. The lowest BCUT2D eigenvalue weighted by atomic mass is 10.1. The third-order valence-electron chi connectivity index (χ3n) is 3.30. The van der Waals surface area contributed by atoms with E-state index in [0.717, 1.165) is 5.56 Å². The van der Waals surface area contributed by atoms with E-state index in [2.05, 4.69) is 24.7 Å².